The van der Waals surface area contributed by atoms with E-state index >= 15 is 0 Å². The summed E-state index contributed by atoms with van der Waals surface area (Å²) in [6.45, 7) is 1.65. The Morgan fingerprint density at radius 1 is 1.36 bits per heavy atom. The van der Waals surface area contributed by atoms with Gasteiger partial charge in [-0.1, -0.05) is 13.0 Å². The summed E-state index contributed by atoms with van der Waals surface area (Å²) >= 11 is 0. The molecule has 0 N–H and O–H groups in total. The third-order valence-electron chi connectivity index (χ3n) is 1.81. The zero-order valence-electron chi connectivity index (χ0n) is 7.85. The van der Waals surface area contributed by atoms with Crippen LogP contribution in [-0.4, -0.2) is 12.1 Å². The molecule has 0 aliphatic rings. The highest BCUT2D eigenvalue weighted by molar-refractivity contribution is 5.27. The summed E-state index contributed by atoms with van der Waals surface area (Å²) in [6.07, 6.45) is -4.12. The van der Waals surface area contributed by atoms with Crippen molar-refractivity contribution in [1.29, 1.82) is 0 Å². The molecule has 0 saturated heterocycles. The van der Waals surface area contributed by atoms with Crippen LogP contribution in [0.25, 0.3) is 0 Å². The Morgan fingerprint density at radius 3 is 2.43 bits per heavy atom. The Labute approximate surface area is 79.7 Å². The van der Waals surface area contributed by atoms with Gasteiger partial charge in [-0.2, -0.15) is 13.2 Å². The van der Waals surface area contributed by atoms with Gasteiger partial charge in [-0.05, 0) is 12.0 Å². The highest BCUT2D eigenvalue weighted by Gasteiger charge is 2.35. The molecule has 0 aliphatic heterocycles. The molecule has 0 spiro atoms. The number of aromatic nitrogens is 1. The first-order chi connectivity index (χ1) is 6.49. The van der Waals surface area contributed by atoms with Crippen molar-refractivity contribution in [2.75, 3.05) is 7.11 Å². The first kappa shape index (κ1) is 10.8. The highest BCUT2D eigenvalue weighted by atomic mass is 19.4. The quantitative estimate of drug-likeness (QED) is 0.740. The summed E-state index contributed by atoms with van der Waals surface area (Å²) in [5, 5.41) is 0. The lowest BCUT2D eigenvalue weighted by molar-refractivity contribution is -0.142. The Hall–Kier alpha value is -1.26. The molecule has 5 heteroatoms. The fraction of sp³-hybridized carbons (Fsp3) is 0.444. The first-order valence-electron chi connectivity index (χ1n) is 4.10. The molecule has 0 unspecified atom stereocenters. The van der Waals surface area contributed by atoms with E-state index in [0.717, 1.165) is 0 Å². The number of nitrogens with zero attached hydrogens (tertiary/aromatic N) is 1. The van der Waals surface area contributed by atoms with Crippen LogP contribution in [0.3, 0.4) is 0 Å². The second-order valence-electron chi connectivity index (χ2n) is 2.71. The molecule has 0 aromatic carbocycles. The lowest BCUT2D eigenvalue weighted by Gasteiger charge is -2.11. The zero-order valence-corrected chi connectivity index (χ0v) is 7.85. The third kappa shape index (κ3) is 2.16. The number of hydrogen-bond donors (Lipinski definition) is 0. The minimum atomic E-state index is -4.42. The predicted octanol–water partition coefficient (Wildman–Crippen LogP) is 2.67. The lowest BCUT2D eigenvalue weighted by atomic mass is 10.1. The van der Waals surface area contributed by atoms with Gasteiger partial charge in [0.1, 0.15) is 0 Å². The van der Waals surface area contributed by atoms with Gasteiger partial charge in [0.2, 0.25) is 5.88 Å². The average molecular weight is 205 g/mol. The molecule has 1 rings (SSSR count). The van der Waals surface area contributed by atoms with Crippen molar-refractivity contribution in [3.05, 3.63) is 23.4 Å². The monoisotopic (exact) mass is 205 g/mol. The number of halogens is 3. The zero-order chi connectivity index (χ0) is 10.8. The number of ether oxygens (including phenoxy) is 1. The minimum Gasteiger partial charge on any atom is -0.481 e. The van der Waals surface area contributed by atoms with Gasteiger partial charge in [0.05, 0.1) is 7.11 Å². The molecule has 78 valence electrons. The molecule has 1 aromatic heterocycles. The van der Waals surface area contributed by atoms with Crippen LogP contribution in [0.5, 0.6) is 5.88 Å². The third-order valence-corrected chi connectivity index (χ3v) is 1.81. The smallest absolute Gasteiger partial charge is 0.433 e. The van der Waals surface area contributed by atoms with E-state index in [1.54, 1.807) is 6.92 Å². The summed E-state index contributed by atoms with van der Waals surface area (Å²) in [6, 6.07) is 2.81. The molecule has 0 aliphatic carbocycles. The summed E-state index contributed by atoms with van der Waals surface area (Å²) in [5.74, 6) is -0.0190. The lowest BCUT2D eigenvalue weighted by Crippen LogP contribution is -2.12. The average Bonchev–Trinajstić information content (AvgIpc) is 2.15. The normalized spacial score (nSPS) is 11.5. The molecule has 0 fully saturated rings. The van der Waals surface area contributed by atoms with Crippen LogP contribution >= 0.6 is 0 Å². The van der Waals surface area contributed by atoms with Crippen LogP contribution < -0.4 is 4.74 Å². The Morgan fingerprint density at radius 2 is 2.00 bits per heavy atom. The van der Waals surface area contributed by atoms with Crippen molar-refractivity contribution >= 4 is 0 Å². The molecule has 14 heavy (non-hydrogen) atoms. The van der Waals surface area contributed by atoms with Gasteiger partial charge in [0.15, 0.2) is 5.69 Å². The van der Waals surface area contributed by atoms with Gasteiger partial charge < -0.3 is 4.74 Å². The fourth-order valence-corrected chi connectivity index (χ4v) is 1.11. The van der Waals surface area contributed by atoms with Crippen LogP contribution in [0.15, 0.2) is 12.1 Å². The van der Waals surface area contributed by atoms with Crippen molar-refractivity contribution in [2.45, 2.75) is 19.5 Å². The maximum Gasteiger partial charge on any atom is 0.433 e. The van der Waals surface area contributed by atoms with Crippen LogP contribution in [-0.2, 0) is 12.6 Å². The van der Waals surface area contributed by atoms with Crippen LogP contribution in [0.4, 0.5) is 13.2 Å². The number of methoxy groups -OCH3 is 1. The molecule has 2 nitrogen and oxygen atoms in total. The molecule has 0 bridgehead atoms. The van der Waals surface area contributed by atoms with E-state index < -0.39 is 11.9 Å². The van der Waals surface area contributed by atoms with Gasteiger partial charge in [-0.3, -0.25) is 0 Å². The first-order valence-corrected chi connectivity index (χ1v) is 4.10. The largest absolute Gasteiger partial charge is 0.481 e. The van der Waals surface area contributed by atoms with Gasteiger partial charge in [0, 0.05) is 6.07 Å². The van der Waals surface area contributed by atoms with E-state index in [1.165, 1.54) is 19.2 Å². The van der Waals surface area contributed by atoms with Gasteiger partial charge in [-0.15, -0.1) is 0 Å². The summed E-state index contributed by atoms with van der Waals surface area (Å²) < 4.78 is 41.9. The SMILES string of the molecule is CCc1ccc(OC)nc1C(F)(F)F. The van der Waals surface area contributed by atoms with E-state index in [-0.39, 0.29) is 11.4 Å². The molecular weight excluding hydrogens is 195 g/mol. The van der Waals surface area contributed by atoms with Crippen molar-refractivity contribution in [3.8, 4) is 5.88 Å². The van der Waals surface area contributed by atoms with Gasteiger partial charge >= 0.3 is 6.18 Å². The van der Waals surface area contributed by atoms with E-state index in [2.05, 4.69) is 9.72 Å². The van der Waals surface area contributed by atoms with Crippen LogP contribution in [0.2, 0.25) is 0 Å². The summed E-state index contributed by atoms with van der Waals surface area (Å²) in [5.41, 5.74) is -0.683. The fourth-order valence-electron chi connectivity index (χ4n) is 1.11. The van der Waals surface area contributed by atoms with Crippen molar-refractivity contribution in [3.63, 3.8) is 0 Å². The highest BCUT2D eigenvalue weighted by Crippen LogP contribution is 2.31. The molecule has 0 saturated carbocycles. The van der Waals surface area contributed by atoms with E-state index in [1.807, 2.05) is 0 Å². The summed E-state index contributed by atoms with van der Waals surface area (Å²) in [4.78, 5) is 3.39. The number of rotatable bonds is 2. The number of pyridine rings is 1. The topological polar surface area (TPSA) is 22.1 Å². The summed E-state index contributed by atoms with van der Waals surface area (Å²) in [7, 11) is 1.29. The van der Waals surface area contributed by atoms with E-state index in [4.69, 9.17) is 0 Å². The second kappa shape index (κ2) is 3.86. The van der Waals surface area contributed by atoms with Crippen molar-refractivity contribution < 1.29 is 17.9 Å². The number of alkyl halides is 3. The molecule has 0 amide bonds. The Bertz CT molecular complexity index is 322. The van der Waals surface area contributed by atoms with Gasteiger partial charge in [-0.25, -0.2) is 4.98 Å². The predicted molar refractivity (Wildman–Crippen MR) is 45.2 cm³/mol. The van der Waals surface area contributed by atoms with Crippen molar-refractivity contribution in [2.24, 2.45) is 0 Å². The maximum atomic E-state index is 12.4. The molecule has 1 heterocycles. The molecular formula is C9H10F3NO. The molecule has 0 atom stereocenters. The van der Waals surface area contributed by atoms with Crippen molar-refractivity contribution in [1.82, 2.24) is 4.98 Å². The second-order valence-corrected chi connectivity index (χ2v) is 2.71. The number of hydrogen-bond acceptors (Lipinski definition) is 2. The number of aryl methyl sites for hydroxylation is 1. The standard InChI is InChI=1S/C9H10F3NO/c1-3-6-4-5-7(14-2)13-8(6)9(10,11)12/h4-5H,3H2,1-2H3. The van der Waals surface area contributed by atoms with Crippen LogP contribution in [0, 0.1) is 0 Å². The molecule has 1 aromatic rings. The Balaban J connectivity index is 3.22. The Kier molecular flexibility index (Phi) is 2.98. The van der Waals surface area contributed by atoms with Gasteiger partial charge in [0.25, 0.3) is 0 Å². The molecule has 0 radical (unpaired) electrons. The van der Waals surface area contributed by atoms with E-state index in [0.29, 0.717) is 6.42 Å². The van der Waals surface area contributed by atoms with Crippen LogP contribution in [0.1, 0.15) is 18.2 Å². The van der Waals surface area contributed by atoms with E-state index in [9.17, 15) is 13.2 Å². The maximum absolute atomic E-state index is 12.4. The minimum absolute atomic E-state index is 0.0190.